The van der Waals surface area contributed by atoms with E-state index in [2.05, 4.69) is 44.4 Å². The van der Waals surface area contributed by atoms with Crippen molar-refractivity contribution in [1.29, 1.82) is 0 Å². The summed E-state index contributed by atoms with van der Waals surface area (Å²) in [6.07, 6.45) is 0. The molecule has 0 spiro atoms. The predicted octanol–water partition coefficient (Wildman–Crippen LogP) is 5.71. The molecule has 144 valence electrons. The first-order chi connectivity index (χ1) is 13.4. The lowest BCUT2D eigenvalue weighted by molar-refractivity contribution is 0.486. The van der Waals surface area contributed by atoms with Crippen molar-refractivity contribution in [3.05, 3.63) is 69.8 Å². The maximum absolute atomic E-state index is 12.1. The fourth-order valence-electron chi connectivity index (χ4n) is 3.59. The zero-order valence-corrected chi connectivity index (χ0v) is 17.5. The third-order valence-corrected chi connectivity index (χ3v) is 6.07. The third-order valence-electron chi connectivity index (χ3n) is 5.04. The topological polar surface area (TPSA) is 48.0 Å². The van der Waals surface area contributed by atoms with Crippen molar-refractivity contribution in [2.75, 3.05) is 0 Å². The van der Waals surface area contributed by atoms with Crippen LogP contribution in [0.25, 0.3) is 21.7 Å². The number of nitrogens with zero attached hydrogens (tertiary/aromatic N) is 2. The Morgan fingerprint density at radius 3 is 2.71 bits per heavy atom. The molecule has 0 amide bonds. The van der Waals surface area contributed by atoms with Gasteiger partial charge in [-0.2, -0.15) is 0 Å². The quantitative estimate of drug-likeness (QED) is 0.248. The highest BCUT2D eigenvalue weighted by atomic mass is 32.2. The maximum atomic E-state index is 12.1. The molecule has 4 rings (SSSR count). The van der Waals surface area contributed by atoms with E-state index in [9.17, 15) is 4.79 Å². The van der Waals surface area contributed by atoms with Crippen molar-refractivity contribution in [1.82, 2.24) is 9.55 Å². The summed E-state index contributed by atoms with van der Waals surface area (Å²) in [6.45, 7) is 9.54. The first-order valence-corrected chi connectivity index (χ1v) is 10.5. The number of imidazole rings is 1. The van der Waals surface area contributed by atoms with Gasteiger partial charge >= 0.3 is 5.63 Å². The Morgan fingerprint density at radius 2 is 1.93 bits per heavy atom. The number of hydrogen-bond acceptors (Lipinski definition) is 4. The monoisotopic (exact) mass is 392 g/mol. The van der Waals surface area contributed by atoms with E-state index in [1.165, 1.54) is 5.69 Å². The standard InChI is InChI=1S/C23H24N2O2S/c1-14(2)12-25-16(4)15(3)24-23(25)28-13-18-11-21(26)27-20-10-9-17-7-5-6-8-19(17)22(18)20/h5-11,14H,12-13H2,1-4H3. The van der Waals surface area contributed by atoms with Crippen LogP contribution in [0.15, 0.2) is 56.8 Å². The SMILES string of the molecule is Cc1nc(SCc2cc(=O)oc3ccc4ccccc4c23)n(CC(C)C)c1C. The van der Waals surface area contributed by atoms with Crippen molar-refractivity contribution in [3.8, 4) is 0 Å². The van der Waals surface area contributed by atoms with E-state index in [-0.39, 0.29) is 5.63 Å². The van der Waals surface area contributed by atoms with Crippen LogP contribution in [0.2, 0.25) is 0 Å². The molecule has 2 aromatic carbocycles. The van der Waals surface area contributed by atoms with Crippen molar-refractivity contribution in [3.63, 3.8) is 0 Å². The van der Waals surface area contributed by atoms with Gasteiger partial charge in [0.05, 0.1) is 5.69 Å². The minimum absolute atomic E-state index is 0.309. The summed E-state index contributed by atoms with van der Waals surface area (Å²) < 4.78 is 7.76. The summed E-state index contributed by atoms with van der Waals surface area (Å²) in [6, 6.07) is 13.7. The molecule has 0 bridgehead atoms. The highest BCUT2D eigenvalue weighted by molar-refractivity contribution is 7.98. The van der Waals surface area contributed by atoms with Gasteiger partial charge in [-0.3, -0.25) is 0 Å². The lowest BCUT2D eigenvalue weighted by Crippen LogP contribution is -2.08. The number of thioether (sulfide) groups is 1. The van der Waals surface area contributed by atoms with Crippen LogP contribution in [-0.4, -0.2) is 9.55 Å². The average molecular weight is 393 g/mol. The lowest BCUT2D eigenvalue weighted by atomic mass is 10.0. The molecule has 0 fully saturated rings. The zero-order valence-electron chi connectivity index (χ0n) is 16.7. The van der Waals surface area contributed by atoms with Gasteiger partial charge in [0.25, 0.3) is 0 Å². The predicted molar refractivity (Wildman–Crippen MR) is 116 cm³/mol. The maximum Gasteiger partial charge on any atom is 0.336 e. The van der Waals surface area contributed by atoms with Gasteiger partial charge in [-0.25, -0.2) is 9.78 Å². The number of rotatable bonds is 5. The van der Waals surface area contributed by atoms with Crippen molar-refractivity contribution < 1.29 is 4.42 Å². The van der Waals surface area contributed by atoms with Crippen molar-refractivity contribution >= 4 is 33.5 Å². The lowest BCUT2D eigenvalue weighted by Gasteiger charge is -2.13. The average Bonchev–Trinajstić information content (AvgIpc) is 2.92. The molecular weight excluding hydrogens is 368 g/mol. The highest BCUT2D eigenvalue weighted by Gasteiger charge is 2.15. The molecule has 28 heavy (non-hydrogen) atoms. The largest absolute Gasteiger partial charge is 0.423 e. The van der Waals surface area contributed by atoms with Crippen LogP contribution in [0.4, 0.5) is 0 Å². The zero-order chi connectivity index (χ0) is 19.8. The third kappa shape index (κ3) is 3.47. The van der Waals surface area contributed by atoms with E-state index in [1.54, 1.807) is 17.8 Å². The van der Waals surface area contributed by atoms with Gasteiger partial charge in [0.15, 0.2) is 5.16 Å². The van der Waals surface area contributed by atoms with Gasteiger partial charge in [-0.15, -0.1) is 0 Å². The number of aromatic nitrogens is 2. The van der Waals surface area contributed by atoms with Gasteiger partial charge in [0, 0.05) is 29.4 Å². The molecule has 0 saturated heterocycles. The Bertz CT molecular complexity index is 1220. The van der Waals surface area contributed by atoms with Crippen LogP contribution in [0.3, 0.4) is 0 Å². The molecule has 5 heteroatoms. The minimum Gasteiger partial charge on any atom is -0.423 e. The summed E-state index contributed by atoms with van der Waals surface area (Å²) in [5.41, 5.74) is 3.59. The Morgan fingerprint density at radius 1 is 1.14 bits per heavy atom. The molecule has 0 aliphatic heterocycles. The summed E-state index contributed by atoms with van der Waals surface area (Å²) in [7, 11) is 0. The smallest absolute Gasteiger partial charge is 0.336 e. The van der Waals surface area contributed by atoms with Gasteiger partial charge in [0.2, 0.25) is 0 Å². The molecule has 4 aromatic rings. The van der Waals surface area contributed by atoms with Gasteiger partial charge in [0.1, 0.15) is 5.58 Å². The van der Waals surface area contributed by atoms with Gasteiger partial charge < -0.3 is 8.98 Å². The highest BCUT2D eigenvalue weighted by Crippen LogP contribution is 2.32. The summed E-state index contributed by atoms with van der Waals surface area (Å²) in [4.78, 5) is 16.9. The summed E-state index contributed by atoms with van der Waals surface area (Å²) in [5, 5.41) is 4.27. The summed E-state index contributed by atoms with van der Waals surface area (Å²) in [5.74, 6) is 1.21. The van der Waals surface area contributed by atoms with Crippen LogP contribution in [0.1, 0.15) is 30.8 Å². The van der Waals surface area contributed by atoms with Gasteiger partial charge in [-0.1, -0.05) is 55.9 Å². The van der Waals surface area contributed by atoms with E-state index in [4.69, 9.17) is 9.40 Å². The second-order valence-electron chi connectivity index (χ2n) is 7.61. The molecule has 0 saturated carbocycles. The molecule has 2 aromatic heterocycles. The Hall–Kier alpha value is -2.53. The number of benzene rings is 2. The molecule has 0 N–H and O–H groups in total. The van der Waals surface area contributed by atoms with E-state index in [0.29, 0.717) is 17.3 Å². The fourth-order valence-corrected chi connectivity index (χ4v) is 4.67. The van der Waals surface area contributed by atoms with E-state index < -0.39 is 0 Å². The van der Waals surface area contributed by atoms with E-state index in [1.807, 2.05) is 24.3 Å². The number of hydrogen-bond donors (Lipinski definition) is 0. The van der Waals surface area contributed by atoms with E-state index >= 15 is 0 Å². The molecule has 0 radical (unpaired) electrons. The van der Waals surface area contributed by atoms with Crippen LogP contribution in [0.5, 0.6) is 0 Å². The molecule has 0 atom stereocenters. The second kappa shape index (κ2) is 7.47. The molecule has 2 heterocycles. The molecule has 0 unspecified atom stereocenters. The number of aryl methyl sites for hydroxylation is 1. The Kier molecular flexibility index (Phi) is 5.02. The van der Waals surface area contributed by atoms with Crippen LogP contribution < -0.4 is 5.63 Å². The van der Waals surface area contributed by atoms with Crippen LogP contribution in [0, 0.1) is 19.8 Å². The van der Waals surface area contributed by atoms with Crippen molar-refractivity contribution in [2.24, 2.45) is 5.92 Å². The second-order valence-corrected chi connectivity index (χ2v) is 8.55. The normalized spacial score (nSPS) is 11.8. The van der Waals surface area contributed by atoms with E-state index in [0.717, 1.165) is 39.1 Å². The molecule has 0 aliphatic rings. The first-order valence-electron chi connectivity index (χ1n) is 9.55. The van der Waals surface area contributed by atoms with Crippen LogP contribution in [-0.2, 0) is 12.3 Å². The summed E-state index contributed by atoms with van der Waals surface area (Å²) >= 11 is 1.68. The Labute approximate surface area is 168 Å². The molecule has 0 aliphatic carbocycles. The van der Waals surface area contributed by atoms with Crippen LogP contribution >= 0.6 is 11.8 Å². The van der Waals surface area contributed by atoms with Gasteiger partial charge in [-0.05, 0) is 42.2 Å². The number of fused-ring (bicyclic) bond motifs is 3. The first kappa shape index (κ1) is 18.8. The minimum atomic E-state index is -0.309. The molecule has 4 nitrogen and oxygen atoms in total. The Balaban J connectivity index is 1.78. The van der Waals surface area contributed by atoms with Crippen molar-refractivity contribution in [2.45, 2.75) is 45.1 Å². The fraction of sp³-hybridized carbons (Fsp3) is 0.304. The molecular formula is C23H24N2O2S.